The summed E-state index contributed by atoms with van der Waals surface area (Å²) in [7, 11) is -3.77. The summed E-state index contributed by atoms with van der Waals surface area (Å²) in [6, 6.07) is 7.67. The molecule has 0 bridgehead atoms. The fourth-order valence-corrected chi connectivity index (χ4v) is 8.51. The van der Waals surface area contributed by atoms with Crippen molar-refractivity contribution in [3.8, 4) is 11.4 Å². The lowest BCUT2D eigenvalue weighted by atomic mass is 10.1. The molecule has 2 N–H and O–H groups in total. The van der Waals surface area contributed by atoms with Crippen LogP contribution in [-0.2, 0) is 19.3 Å². The summed E-state index contributed by atoms with van der Waals surface area (Å²) < 4.78 is 57.4. The van der Waals surface area contributed by atoms with Crippen LogP contribution in [0.1, 0.15) is 36.2 Å². The van der Waals surface area contributed by atoms with E-state index in [4.69, 9.17) is 14.7 Å². The summed E-state index contributed by atoms with van der Waals surface area (Å²) in [6.45, 7) is 6.41. The average molecular weight is 593 g/mol. The lowest BCUT2D eigenvalue weighted by Crippen LogP contribution is -2.44. The maximum Gasteiger partial charge on any atom is 0.319 e. The number of rotatable bonds is 8. The minimum Gasteiger partial charge on any atom is -0.377 e. The van der Waals surface area contributed by atoms with Crippen LogP contribution in [0.3, 0.4) is 0 Å². The second kappa shape index (κ2) is 11.0. The maximum atomic E-state index is 14.0. The summed E-state index contributed by atoms with van der Waals surface area (Å²) in [5.41, 5.74) is 1.93. The molecule has 0 spiro atoms. The highest BCUT2D eigenvalue weighted by molar-refractivity contribution is 7.94. The molecule has 2 amide bonds. The van der Waals surface area contributed by atoms with E-state index in [9.17, 15) is 22.0 Å². The fourth-order valence-electron chi connectivity index (χ4n) is 4.77. The van der Waals surface area contributed by atoms with Crippen LogP contribution in [0.2, 0.25) is 0 Å². The summed E-state index contributed by atoms with van der Waals surface area (Å²) in [5, 5.41) is 5.28. The van der Waals surface area contributed by atoms with Crippen molar-refractivity contribution in [2.45, 2.75) is 55.0 Å². The van der Waals surface area contributed by atoms with Gasteiger partial charge >= 0.3 is 6.03 Å². The molecule has 40 heavy (non-hydrogen) atoms. The molecule has 1 aliphatic heterocycles. The van der Waals surface area contributed by atoms with E-state index >= 15 is 0 Å². The number of anilines is 2. The molecule has 1 saturated heterocycles. The van der Waals surface area contributed by atoms with Crippen LogP contribution < -0.4 is 15.5 Å². The van der Waals surface area contributed by atoms with Crippen LogP contribution in [0, 0.1) is 13.8 Å². The zero-order valence-electron chi connectivity index (χ0n) is 22.3. The number of amides is 2. The van der Waals surface area contributed by atoms with Crippen molar-refractivity contribution in [1.29, 1.82) is 0 Å². The number of hydrogen-bond acceptors (Lipinski definition) is 9. The highest BCUT2D eigenvalue weighted by Crippen LogP contribution is 2.56. The first-order chi connectivity index (χ1) is 19.0. The van der Waals surface area contributed by atoms with Gasteiger partial charge in [-0.25, -0.2) is 36.9 Å². The third-order valence-electron chi connectivity index (χ3n) is 6.98. The van der Waals surface area contributed by atoms with Crippen molar-refractivity contribution < 1.29 is 26.7 Å². The van der Waals surface area contributed by atoms with Crippen LogP contribution in [0.4, 0.5) is 25.1 Å². The number of alkyl halides is 2. The first kappa shape index (κ1) is 28.3. The number of carbonyl (C=O) groups is 1. The second-order valence-electron chi connectivity index (χ2n) is 9.96. The number of urea groups is 1. The molecule has 0 radical (unpaired) electrons. The van der Waals surface area contributed by atoms with Crippen molar-refractivity contribution in [1.82, 2.24) is 20.3 Å². The Balaban J connectivity index is 1.52. The topological polar surface area (TPSA) is 126 Å². The number of carbonyl (C=O) groups excluding carboxylic acids is 1. The Kier molecular flexibility index (Phi) is 7.77. The lowest BCUT2D eigenvalue weighted by Gasteiger charge is -2.34. The molecule has 3 aromatic rings. The molecular weight excluding hydrogens is 562 g/mol. The number of hydrogen-bond donors (Lipinski definition) is 2. The first-order valence-corrected chi connectivity index (χ1v) is 15.2. The summed E-state index contributed by atoms with van der Waals surface area (Å²) in [4.78, 5) is 27.9. The number of aromatic nitrogens is 3. The molecule has 5 rings (SSSR count). The molecule has 1 saturated carbocycles. The number of sulfone groups is 1. The summed E-state index contributed by atoms with van der Waals surface area (Å²) >= 11 is 1.18. The molecule has 2 fully saturated rings. The summed E-state index contributed by atoms with van der Waals surface area (Å²) in [5.74, 6) is 0.960. The molecule has 1 aromatic carbocycles. The SMILES string of the molecule is Cc1nc(C)c(S(=O)(=O)C2(c3cc(N4CCOC[C@@H]4C)nc(-c4ccc(NC(=O)NCC(F)F)cc4)n3)CC2)s1. The molecule has 2 aromatic heterocycles. The number of morpholine rings is 1. The van der Waals surface area contributed by atoms with E-state index in [2.05, 4.69) is 20.5 Å². The third-order valence-corrected chi connectivity index (χ3v) is 11.2. The van der Waals surface area contributed by atoms with Crippen LogP contribution >= 0.6 is 11.3 Å². The summed E-state index contributed by atoms with van der Waals surface area (Å²) in [6.07, 6.45) is -1.77. The molecule has 214 valence electrons. The van der Waals surface area contributed by atoms with E-state index in [0.717, 1.165) is 0 Å². The maximum absolute atomic E-state index is 14.0. The van der Waals surface area contributed by atoms with Gasteiger partial charge < -0.3 is 20.3 Å². The van der Waals surface area contributed by atoms with Gasteiger partial charge in [0.05, 0.1) is 42.2 Å². The third kappa shape index (κ3) is 5.52. The molecule has 3 heterocycles. The van der Waals surface area contributed by atoms with Gasteiger partial charge in [-0.15, -0.1) is 11.3 Å². The zero-order valence-corrected chi connectivity index (χ0v) is 23.9. The number of nitrogens with one attached hydrogen (secondary N) is 2. The van der Waals surface area contributed by atoms with E-state index in [-0.39, 0.29) is 10.3 Å². The number of thiazole rings is 1. The van der Waals surface area contributed by atoms with Crippen molar-refractivity contribution in [3.05, 3.63) is 46.7 Å². The molecule has 10 nitrogen and oxygen atoms in total. The van der Waals surface area contributed by atoms with Crippen LogP contribution in [0.5, 0.6) is 0 Å². The standard InChI is InChI=1S/C26H30F2N6O4S2/c1-15-14-38-11-10-34(15)22-12-20(26(8-9-26)40(36,37)24-16(2)30-17(3)39-24)32-23(33-22)18-4-6-19(7-5-18)31-25(35)29-13-21(27)28/h4-7,12,15,21H,8-11,13-14H2,1-3H3,(H2,29,31,35)/t15-/m0/s1. The number of ether oxygens (including phenoxy) is 1. The fraction of sp³-hybridized carbons (Fsp3) is 0.462. The Labute approximate surface area is 235 Å². The predicted octanol–water partition coefficient (Wildman–Crippen LogP) is 4.29. The lowest BCUT2D eigenvalue weighted by molar-refractivity contribution is 0.0985. The van der Waals surface area contributed by atoms with E-state index in [1.807, 2.05) is 6.92 Å². The van der Waals surface area contributed by atoms with Gasteiger partial charge in [-0.3, -0.25) is 0 Å². The Morgan fingerprint density at radius 2 is 1.93 bits per heavy atom. The van der Waals surface area contributed by atoms with Gasteiger partial charge in [-0.2, -0.15) is 0 Å². The van der Waals surface area contributed by atoms with Crippen molar-refractivity contribution >= 4 is 38.7 Å². The van der Waals surface area contributed by atoms with Gasteiger partial charge in [-0.1, -0.05) is 0 Å². The van der Waals surface area contributed by atoms with Crippen molar-refractivity contribution in [3.63, 3.8) is 0 Å². The second-order valence-corrected chi connectivity index (χ2v) is 13.6. The number of aryl methyl sites for hydroxylation is 2. The quantitative estimate of drug-likeness (QED) is 0.397. The van der Waals surface area contributed by atoms with Crippen molar-refractivity contribution in [2.24, 2.45) is 0 Å². The van der Waals surface area contributed by atoms with Crippen LogP contribution in [-0.4, -0.2) is 68.2 Å². The van der Waals surface area contributed by atoms with Gasteiger partial charge in [0.2, 0.25) is 9.84 Å². The van der Waals surface area contributed by atoms with Crippen LogP contribution in [0.15, 0.2) is 34.5 Å². The Morgan fingerprint density at radius 1 is 1.20 bits per heavy atom. The van der Waals surface area contributed by atoms with E-state index in [0.29, 0.717) is 71.9 Å². The first-order valence-electron chi connectivity index (χ1n) is 12.9. The highest BCUT2D eigenvalue weighted by atomic mass is 32.2. The number of nitrogens with zero attached hydrogens (tertiary/aromatic N) is 4. The number of halogens is 2. The Hall–Kier alpha value is -3.23. The average Bonchev–Trinajstić information content (AvgIpc) is 3.67. The molecule has 14 heteroatoms. The molecular formula is C26H30F2N6O4S2. The van der Waals surface area contributed by atoms with Gasteiger partial charge in [0.15, 0.2) is 5.82 Å². The monoisotopic (exact) mass is 592 g/mol. The van der Waals surface area contributed by atoms with E-state index in [1.54, 1.807) is 44.2 Å². The minimum absolute atomic E-state index is 0.0285. The van der Waals surface area contributed by atoms with Crippen molar-refractivity contribution in [2.75, 3.05) is 36.5 Å². The van der Waals surface area contributed by atoms with Gasteiger partial charge in [0.25, 0.3) is 6.43 Å². The Bertz CT molecular complexity index is 1510. The smallest absolute Gasteiger partial charge is 0.319 e. The molecule has 1 atom stereocenters. The molecule has 0 unspecified atom stereocenters. The Morgan fingerprint density at radius 3 is 2.52 bits per heavy atom. The zero-order chi connectivity index (χ0) is 28.7. The highest BCUT2D eigenvalue weighted by Gasteiger charge is 2.59. The minimum atomic E-state index is -3.77. The molecule has 2 aliphatic rings. The van der Waals surface area contributed by atoms with Gasteiger partial charge in [-0.05, 0) is 57.9 Å². The largest absolute Gasteiger partial charge is 0.377 e. The van der Waals surface area contributed by atoms with E-state index in [1.165, 1.54) is 11.3 Å². The molecule has 1 aliphatic carbocycles. The predicted molar refractivity (Wildman–Crippen MR) is 148 cm³/mol. The van der Waals surface area contributed by atoms with Gasteiger partial charge in [0, 0.05) is 23.9 Å². The van der Waals surface area contributed by atoms with E-state index < -0.39 is 33.6 Å². The normalized spacial score (nSPS) is 18.6. The van der Waals surface area contributed by atoms with Gasteiger partial charge in [0.1, 0.15) is 14.8 Å². The number of benzene rings is 1. The van der Waals surface area contributed by atoms with Crippen LogP contribution in [0.25, 0.3) is 11.4 Å².